The Kier molecular flexibility index (Phi) is 9.44. The van der Waals surface area contributed by atoms with Gasteiger partial charge in [-0.15, -0.1) is 0 Å². The van der Waals surface area contributed by atoms with E-state index in [1.165, 1.54) is 0 Å². The Bertz CT molecular complexity index is 1780. The minimum Gasteiger partial charge on any atom is -0.356 e. The molecule has 2 aromatic rings. The highest BCUT2D eigenvalue weighted by atomic mass is 16.2. The number of hydrogen-bond donors (Lipinski definition) is 2. The van der Waals surface area contributed by atoms with E-state index in [9.17, 15) is 19.2 Å². The lowest BCUT2D eigenvalue weighted by Gasteiger charge is -2.30. The molecule has 50 heavy (non-hydrogen) atoms. The van der Waals surface area contributed by atoms with Gasteiger partial charge in [-0.3, -0.25) is 29.8 Å². The Morgan fingerprint density at radius 1 is 0.560 bits per heavy atom. The maximum atomic E-state index is 13.0. The van der Waals surface area contributed by atoms with Gasteiger partial charge in [0.05, 0.1) is 24.7 Å². The number of nitrogens with one attached hydrogen (secondary N) is 2. The predicted molar refractivity (Wildman–Crippen MR) is 185 cm³/mol. The highest BCUT2D eigenvalue weighted by Crippen LogP contribution is 2.28. The third kappa shape index (κ3) is 7.23. The molecular formula is C36H40N10O4. The van der Waals surface area contributed by atoms with Crippen molar-refractivity contribution in [2.24, 2.45) is 20.5 Å². The molecule has 2 atom stereocenters. The van der Waals surface area contributed by atoms with Gasteiger partial charge in [0.25, 0.3) is 23.6 Å². The quantitative estimate of drug-likeness (QED) is 0.291. The number of azo groups is 2. The van der Waals surface area contributed by atoms with Crippen LogP contribution in [0.1, 0.15) is 36.1 Å². The maximum absolute atomic E-state index is 13.0. The van der Waals surface area contributed by atoms with Crippen LogP contribution in [-0.2, 0) is 19.2 Å². The van der Waals surface area contributed by atoms with Crippen molar-refractivity contribution < 1.29 is 19.2 Å². The summed E-state index contributed by atoms with van der Waals surface area (Å²) in [6.07, 6.45) is 7.41. The van der Waals surface area contributed by atoms with E-state index in [0.29, 0.717) is 60.3 Å². The van der Waals surface area contributed by atoms with Crippen LogP contribution in [0.25, 0.3) is 0 Å². The first-order valence-electron chi connectivity index (χ1n) is 16.3. The van der Waals surface area contributed by atoms with E-state index in [2.05, 4.69) is 31.1 Å². The molecule has 4 aliphatic rings. The molecule has 0 fully saturated rings. The second kappa shape index (κ2) is 13.9. The molecule has 0 saturated heterocycles. The molecule has 2 unspecified atom stereocenters. The molecule has 0 bridgehead atoms. The van der Waals surface area contributed by atoms with Gasteiger partial charge in [0.1, 0.15) is 11.4 Å². The van der Waals surface area contributed by atoms with Gasteiger partial charge < -0.3 is 19.6 Å². The predicted octanol–water partition coefficient (Wildman–Crippen LogP) is 4.48. The third-order valence-electron chi connectivity index (χ3n) is 8.79. The summed E-state index contributed by atoms with van der Waals surface area (Å²) in [5.41, 5.74) is 7.23. The van der Waals surface area contributed by atoms with E-state index in [1.807, 2.05) is 98.7 Å². The van der Waals surface area contributed by atoms with Crippen LogP contribution in [-0.4, -0.2) is 81.7 Å². The number of carbonyl (C=O) groups is 4. The minimum absolute atomic E-state index is 0.365. The summed E-state index contributed by atoms with van der Waals surface area (Å²) in [5, 5.41) is 22.1. The van der Waals surface area contributed by atoms with Crippen molar-refractivity contribution in [2.75, 3.05) is 26.4 Å². The Labute approximate surface area is 290 Å². The van der Waals surface area contributed by atoms with Gasteiger partial charge in [-0.05, 0) is 99.2 Å². The van der Waals surface area contributed by atoms with Crippen molar-refractivity contribution in [2.45, 2.75) is 53.6 Å². The van der Waals surface area contributed by atoms with E-state index < -0.39 is 35.7 Å². The van der Waals surface area contributed by atoms with E-state index >= 15 is 0 Å². The van der Waals surface area contributed by atoms with Crippen LogP contribution >= 0.6 is 0 Å². The first kappa shape index (κ1) is 34.0. The second-order valence-corrected chi connectivity index (χ2v) is 13.1. The van der Waals surface area contributed by atoms with Crippen LogP contribution in [0.5, 0.6) is 0 Å². The Morgan fingerprint density at radius 3 is 1.28 bits per heavy atom. The van der Waals surface area contributed by atoms with Crippen molar-refractivity contribution in [1.29, 1.82) is 0 Å². The monoisotopic (exact) mass is 676 g/mol. The molecule has 14 heteroatoms. The van der Waals surface area contributed by atoms with Crippen molar-refractivity contribution in [3.63, 3.8) is 0 Å². The maximum Gasteiger partial charge on any atom is 0.274 e. The number of benzene rings is 2. The molecule has 14 nitrogen and oxygen atoms in total. The minimum atomic E-state index is -0.926. The fourth-order valence-corrected chi connectivity index (χ4v) is 6.51. The van der Waals surface area contributed by atoms with Gasteiger partial charge in [-0.25, -0.2) is 0 Å². The zero-order chi connectivity index (χ0) is 35.7. The molecule has 258 valence electrons. The Hall–Kier alpha value is -5.92. The van der Waals surface area contributed by atoms with E-state index in [4.69, 9.17) is 0 Å². The molecule has 0 saturated carbocycles. The third-order valence-corrected chi connectivity index (χ3v) is 8.79. The lowest BCUT2D eigenvalue weighted by molar-refractivity contribution is -0.132. The van der Waals surface area contributed by atoms with Gasteiger partial charge in [0, 0.05) is 37.9 Å². The molecule has 4 amide bonds. The summed E-state index contributed by atoms with van der Waals surface area (Å²) in [5.74, 6) is -1.97. The highest BCUT2D eigenvalue weighted by molar-refractivity contribution is 6.11. The summed E-state index contributed by atoms with van der Waals surface area (Å²) in [7, 11) is 0. The molecule has 2 N–H and O–H groups in total. The van der Waals surface area contributed by atoms with E-state index in [1.54, 1.807) is 23.6 Å². The largest absolute Gasteiger partial charge is 0.356 e. The standard InChI is InChI=1S/C36H40N10O4/c1-21-13-22(2)16-27(15-21)39-41-29-25(5)31(35(49)37-33(29)47)45-11-9-43(19-45)7-8-44-10-12-46(20-44)32-26(6)30(34(48)38-36(32)50)42-40-28-17-23(3)14-24(4)18-28/h9-18,29-30H,7-8,19-20H2,1-6H3,(H,37,47,49)(H,38,48,50). The topological polar surface area (TPSA) is 155 Å². The molecule has 0 aromatic heterocycles. The van der Waals surface area contributed by atoms with Crippen LogP contribution in [0.2, 0.25) is 0 Å². The van der Waals surface area contributed by atoms with Gasteiger partial charge in [-0.1, -0.05) is 12.1 Å². The van der Waals surface area contributed by atoms with Crippen molar-refractivity contribution in [1.82, 2.24) is 30.2 Å². The van der Waals surface area contributed by atoms with Crippen LogP contribution in [0.4, 0.5) is 11.4 Å². The molecule has 0 aliphatic carbocycles. The lowest BCUT2D eigenvalue weighted by Crippen LogP contribution is -2.48. The lowest BCUT2D eigenvalue weighted by atomic mass is 10.0. The number of carbonyl (C=O) groups excluding carboxylic acids is 4. The van der Waals surface area contributed by atoms with Gasteiger partial charge in [0.15, 0.2) is 12.1 Å². The van der Waals surface area contributed by atoms with Crippen molar-refractivity contribution in [3.8, 4) is 0 Å². The summed E-state index contributed by atoms with van der Waals surface area (Å²) in [6, 6.07) is 9.76. The summed E-state index contributed by atoms with van der Waals surface area (Å²) < 4.78 is 0. The number of hydrogen-bond acceptors (Lipinski definition) is 12. The van der Waals surface area contributed by atoms with Gasteiger partial charge >= 0.3 is 0 Å². The molecule has 0 radical (unpaired) electrons. The molecule has 0 spiro atoms. The number of amides is 4. The number of aryl methyl sites for hydroxylation is 4. The summed E-state index contributed by atoms with van der Waals surface area (Å²) >= 11 is 0. The fraction of sp³-hybridized carbons (Fsp3) is 0.333. The van der Waals surface area contributed by atoms with Crippen LogP contribution in [0.15, 0.2) is 104 Å². The molecule has 6 rings (SSSR count). The highest BCUT2D eigenvalue weighted by Gasteiger charge is 2.38. The summed E-state index contributed by atoms with van der Waals surface area (Å²) in [6.45, 7) is 13.4. The number of nitrogens with zero attached hydrogens (tertiary/aromatic N) is 8. The van der Waals surface area contributed by atoms with E-state index in [0.717, 1.165) is 22.3 Å². The Morgan fingerprint density at radius 2 is 0.920 bits per heavy atom. The first-order chi connectivity index (χ1) is 23.9. The van der Waals surface area contributed by atoms with Crippen LogP contribution < -0.4 is 10.6 Å². The normalized spacial score (nSPS) is 21.2. The molecule has 4 aliphatic heterocycles. The van der Waals surface area contributed by atoms with E-state index in [-0.39, 0.29) is 0 Å². The van der Waals surface area contributed by atoms with Crippen LogP contribution in [0, 0.1) is 27.7 Å². The zero-order valence-corrected chi connectivity index (χ0v) is 29.0. The van der Waals surface area contributed by atoms with Crippen molar-refractivity contribution >= 4 is 35.0 Å². The number of imide groups is 2. The average Bonchev–Trinajstić information content (AvgIpc) is 3.68. The Balaban J connectivity index is 1.07. The molecule has 2 aromatic carbocycles. The van der Waals surface area contributed by atoms with Gasteiger partial charge in [0.2, 0.25) is 0 Å². The van der Waals surface area contributed by atoms with Gasteiger partial charge in [-0.2, -0.15) is 20.5 Å². The second-order valence-electron chi connectivity index (χ2n) is 13.1. The van der Waals surface area contributed by atoms with Crippen molar-refractivity contribution in [3.05, 3.63) is 106 Å². The average molecular weight is 677 g/mol. The smallest absolute Gasteiger partial charge is 0.274 e. The zero-order valence-electron chi connectivity index (χ0n) is 29.0. The SMILES string of the molecule is CC1=C(N2C=CN(CCN3C=CN(C4=C(C)C(N=Nc5cc(C)cc(C)c5)C(=O)NC4=O)C3)C2)C(=O)NC(=O)C1N=Nc1cc(C)cc(C)c1. The summed E-state index contributed by atoms with van der Waals surface area (Å²) in [4.78, 5) is 59.1. The van der Waals surface area contributed by atoms with Crippen LogP contribution in [0.3, 0.4) is 0 Å². The fourth-order valence-electron chi connectivity index (χ4n) is 6.51. The molecule has 4 heterocycles. The number of rotatable bonds is 9. The first-order valence-corrected chi connectivity index (χ1v) is 16.3. The molecular weight excluding hydrogens is 636 g/mol.